The van der Waals surface area contributed by atoms with Gasteiger partial charge in [-0.05, 0) is 18.2 Å². The van der Waals surface area contributed by atoms with Crippen LogP contribution < -0.4 is 10.6 Å². The van der Waals surface area contributed by atoms with Crippen LogP contribution in [0.1, 0.15) is 20.7 Å². The molecule has 2 N–H and O–H groups in total. The van der Waals surface area contributed by atoms with Crippen molar-refractivity contribution in [3.05, 3.63) is 58.9 Å². The second-order valence-corrected chi connectivity index (χ2v) is 4.34. The summed E-state index contributed by atoms with van der Waals surface area (Å²) in [7, 11) is 1.53. The number of anilines is 1. The molecule has 1 aromatic carbocycles. The zero-order valence-corrected chi connectivity index (χ0v) is 11.4. The lowest BCUT2D eigenvalue weighted by atomic mass is 10.1. The molecule has 0 saturated heterocycles. The maximum atomic E-state index is 12.1. The summed E-state index contributed by atoms with van der Waals surface area (Å²) in [5.41, 5.74) is 1.04. The number of benzene rings is 1. The van der Waals surface area contributed by atoms with E-state index in [1.54, 1.807) is 24.3 Å². The van der Waals surface area contributed by atoms with Crippen molar-refractivity contribution in [1.82, 2.24) is 10.3 Å². The summed E-state index contributed by atoms with van der Waals surface area (Å²) in [6, 6.07) is 8.25. The number of halogens is 1. The molecule has 0 radical (unpaired) electrons. The fourth-order valence-electron chi connectivity index (χ4n) is 1.66. The Morgan fingerprint density at radius 3 is 2.55 bits per heavy atom. The first-order valence-corrected chi connectivity index (χ1v) is 6.23. The third-order valence-corrected chi connectivity index (χ3v) is 2.99. The van der Waals surface area contributed by atoms with Crippen LogP contribution in [0.2, 0.25) is 5.02 Å². The normalized spacial score (nSPS) is 9.90. The van der Waals surface area contributed by atoms with Crippen molar-refractivity contribution >= 4 is 29.1 Å². The average Bonchev–Trinajstić information content (AvgIpc) is 2.47. The fraction of sp³-hybridized carbons (Fsp3) is 0.0714. The van der Waals surface area contributed by atoms with Gasteiger partial charge >= 0.3 is 0 Å². The molecule has 0 fully saturated rings. The lowest BCUT2D eigenvalue weighted by Crippen LogP contribution is -2.21. The summed E-state index contributed by atoms with van der Waals surface area (Å²) in [6.07, 6.45) is 2.87. The predicted octanol–water partition coefficient (Wildman–Crippen LogP) is 2.35. The first kappa shape index (κ1) is 14.0. The highest BCUT2D eigenvalue weighted by Gasteiger charge is 2.14. The number of carbonyl (C=O) groups is 2. The van der Waals surface area contributed by atoms with Crippen molar-refractivity contribution in [3.63, 3.8) is 0 Å². The van der Waals surface area contributed by atoms with Gasteiger partial charge in [-0.25, -0.2) is 0 Å². The standard InChI is InChI=1S/C14H12ClN3O2/c1-16-13(19)9-4-2-3-5-12(9)18-14(20)10-8-17-7-6-11(10)15/h2-8H,1H3,(H,16,19)(H,18,20). The summed E-state index contributed by atoms with van der Waals surface area (Å²) in [6.45, 7) is 0. The molecular formula is C14H12ClN3O2. The van der Waals surface area contributed by atoms with Crippen LogP contribution in [0.5, 0.6) is 0 Å². The van der Waals surface area contributed by atoms with E-state index in [4.69, 9.17) is 11.6 Å². The maximum absolute atomic E-state index is 12.1. The highest BCUT2D eigenvalue weighted by atomic mass is 35.5. The maximum Gasteiger partial charge on any atom is 0.258 e. The van der Waals surface area contributed by atoms with Gasteiger partial charge in [0.1, 0.15) is 0 Å². The van der Waals surface area contributed by atoms with E-state index in [1.807, 2.05) is 0 Å². The lowest BCUT2D eigenvalue weighted by Gasteiger charge is -2.10. The first-order valence-electron chi connectivity index (χ1n) is 5.85. The number of carbonyl (C=O) groups excluding carboxylic acids is 2. The Morgan fingerprint density at radius 2 is 1.85 bits per heavy atom. The largest absolute Gasteiger partial charge is 0.355 e. The Hall–Kier alpha value is -2.40. The zero-order chi connectivity index (χ0) is 14.5. The number of para-hydroxylation sites is 1. The molecule has 0 bridgehead atoms. The predicted molar refractivity (Wildman–Crippen MR) is 77.0 cm³/mol. The molecule has 2 amide bonds. The van der Waals surface area contributed by atoms with E-state index in [9.17, 15) is 9.59 Å². The zero-order valence-electron chi connectivity index (χ0n) is 10.7. The van der Waals surface area contributed by atoms with E-state index in [0.717, 1.165) is 0 Å². The van der Waals surface area contributed by atoms with Gasteiger partial charge in [-0.15, -0.1) is 0 Å². The topological polar surface area (TPSA) is 71.1 Å². The van der Waals surface area contributed by atoms with Gasteiger partial charge in [-0.2, -0.15) is 0 Å². The van der Waals surface area contributed by atoms with Crippen LogP contribution in [-0.2, 0) is 0 Å². The van der Waals surface area contributed by atoms with Gasteiger partial charge in [0.2, 0.25) is 0 Å². The van der Waals surface area contributed by atoms with Gasteiger partial charge in [0.15, 0.2) is 0 Å². The molecule has 0 atom stereocenters. The van der Waals surface area contributed by atoms with Crippen LogP contribution in [0.3, 0.4) is 0 Å². The Kier molecular flexibility index (Phi) is 4.32. The number of pyridine rings is 1. The van der Waals surface area contributed by atoms with Crippen molar-refractivity contribution in [2.45, 2.75) is 0 Å². The molecule has 0 aliphatic heterocycles. The number of nitrogens with one attached hydrogen (secondary N) is 2. The number of nitrogens with zero attached hydrogens (tertiary/aromatic N) is 1. The van der Waals surface area contributed by atoms with Gasteiger partial charge in [0.05, 0.1) is 21.8 Å². The molecule has 0 aliphatic carbocycles. The van der Waals surface area contributed by atoms with E-state index in [1.165, 1.54) is 25.5 Å². The van der Waals surface area contributed by atoms with Gasteiger partial charge in [0, 0.05) is 19.4 Å². The van der Waals surface area contributed by atoms with Crippen LogP contribution in [0.15, 0.2) is 42.7 Å². The van der Waals surface area contributed by atoms with E-state index >= 15 is 0 Å². The van der Waals surface area contributed by atoms with Gasteiger partial charge < -0.3 is 10.6 Å². The van der Waals surface area contributed by atoms with Crippen molar-refractivity contribution < 1.29 is 9.59 Å². The van der Waals surface area contributed by atoms with Crippen molar-refractivity contribution in [3.8, 4) is 0 Å². The monoisotopic (exact) mass is 289 g/mol. The number of aromatic nitrogens is 1. The smallest absolute Gasteiger partial charge is 0.258 e. The molecule has 0 spiro atoms. The lowest BCUT2D eigenvalue weighted by molar-refractivity contribution is 0.0964. The highest BCUT2D eigenvalue weighted by molar-refractivity contribution is 6.34. The SMILES string of the molecule is CNC(=O)c1ccccc1NC(=O)c1cnccc1Cl. The summed E-state index contributed by atoms with van der Waals surface area (Å²) < 4.78 is 0. The third kappa shape index (κ3) is 2.95. The number of amides is 2. The van der Waals surface area contributed by atoms with Gasteiger partial charge in [-0.1, -0.05) is 23.7 Å². The molecule has 20 heavy (non-hydrogen) atoms. The van der Waals surface area contributed by atoms with Gasteiger partial charge in [-0.3, -0.25) is 14.6 Å². The van der Waals surface area contributed by atoms with E-state index < -0.39 is 5.91 Å². The van der Waals surface area contributed by atoms with Gasteiger partial charge in [0.25, 0.3) is 11.8 Å². The molecule has 0 unspecified atom stereocenters. The van der Waals surface area contributed by atoms with Crippen LogP contribution in [0.25, 0.3) is 0 Å². The van der Waals surface area contributed by atoms with E-state index in [2.05, 4.69) is 15.6 Å². The first-order chi connectivity index (χ1) is 9.63. The Bertz CT molecular complexity index is 658. The fourth-order valence-corrected chi connectivity index (χ4v) is 1.85. The average molecular weight is 290 g/mol. The minimum absolute atomic E-state index is 0.251. The highest BCUT2D eigenvalue weighted by Crippen LogP contribution is 2.19. The van der Waals surface area contributed by atoms with Crippen LogP contribution >= 0.6 is 11.6 Å². The molecule has 2 aromatic rings. The Morgan fingerprint density at radius 1 is 1.10 bits per heavy atom. The molecule has 1 aromatic heterocycles. The minimum Gasteiger partial charge on any atom is -0.355 e. The second-order valence-electron chi connectivity index (χ2n) is 3.93. The molecule has 1 heterocycles. The van der Waals surface area contributed by atoms with Crippen LogP contribution in [0, 0.1) is 0 Å². The molecule has 0 saturated carbocycles. The number of rotatable bonds is 3. The van der Waals surface area contributed by atoms with E-state index in [-0.39, 0.29) is 11.5 Å². The Labute approximate surface area is 121 Å². The third-order valence-electron chi connectivity index (χ3n) is 2.66. The number of hydrogen-bond donors (Lipinski definition) is 2. The quantitative estimate of drug-likeness (QED) is 0.911. The summed E-state index contributed by atoms with van der Waals surface area (Å²) >= 11 is 5.93. The van der Waals surface area contributed by atoms with Crippen molar-refractivity contribution in [2.24, 2.45) is 0 Å². The summed E-state index contributed by atoms with van der Waals surface area (Å²) in [4.78, 5) is 27.7. The van der Waals surface area contributed by atoms with E-state index in [0.29, 0.717) is 16.3 Å². The minimum atomic E-state index is -0.417. The molecule has 102 valence electrons. The Balaban J connectivity index is 2.29. The summed E-state index contributed by atoms with van der Waals surface area (Å²) in [5.74, 6) is -0.697. The molecular weight excluding hydrogens is 278 g/mol. The molecule has 5 nitrogen and oxygen atoms in total. The van der Waals surface area contributed by atoms with Crippen molar-refractivity contribution in [1.29, 1.82) is 0 Å². The molecule has 0 aliphatic rings. The second kappa shape index (κ2) is 6.16. The van der Waals surface area contributed by atoms with Crippen LogP contribution in [0.4, 0.5) is 5.69 Å². The van der Waals surface area contributed by atoms with Crippen LogP contribution in [-0.4, -0.2) is 23.8 Å². The molecule has 2 rings (SSSR count). The molecule has 6 heteroatoms. The van der Waals surface area contributed by atoms with Crippen molar-refractivity contribution in [2.75, 3.05) is 12.4 Å². The number of hydrogen-bond acceptors (Lipinski definition) is 3. The summed E-state index contributed by atoms with van der Waals surface area (Å²) in [5, 5.41) is 5.48.